The van der Waals surface area contributed by atoms with Crippen LogP contribution in [0.25, 0.3) is 0 Å². The van der Waals surface area contributed by atoms with Crippen molar-refractivity contribution in [3.05, 3.63) is 65.8 Å². The summed E-state index contributed by atoms with van der Waals surface area (Å²) in [6.45, 7) is 8.74. The Morgan fingerprint density at radius 3 is 1.36 bits per heavy atom. The number of aryl methyl sites for hydroxylation is 4. The summed E-state index contributed by atoms with van der Waals surface area (Å²) in [6.07, 6.45) is 0. The van der Waals surface area contributed by atoms with Gasteiger partial charge in [-0.25, -0.2) is 8.42 Å². The molecule has 25 heavy (non-hydrogen) atoms. The van der Waals surface area contributed by atoms with Gasteiger partial charge in [-0.05, 0) is 74.2 Å². The molecule has 0 spiro atoms. The van der Waals surface area contributed by atoms with Crippen LogP contribution < -0.4 is 21.2 Å². The van der Waals surface area contributed by atoms with E-state index in [9.17, 15) is 13.2 Å². The van der Waals surface area contributed by atoms with Gasteiger partial charge in [0, 0.05) is 0 Å². The third-order valence-corrected chi connectivity index (χ3v) is 6.59. The van der Waals surface area contributed by atoms with Crippen molar-refractivity contribution in [1.29, 1.82) is 0 Å². The maximum Gasteiger partial charge on any atom is 0.485 e. The lowest BCUT2D eigenvalue weighted by molar-refractivity contribution is -0.597. The molecule has 0 aromatic heterocycles. The Hall–Kier alpha value is -1.13. The van der Waals surface area contributed by atoms with Gasteiger partial charge >= 0.3 is 26.7 Å². The molecule has 0 unspecified atom stereocenters. The van der Waals surface area contributed by atoms with Crippen molar-refractivity contribution in [2.45, 2.75) is 33.2 Å². The molecule has 8 heteroatoms. The Bertz CT molecular complexity index is 797. The minimum absolute atomic E-state index is 0.0304. The van der Waals surface area contributed by atoms with Gasteiger partial charge in [-0.15, -0.1) is 0 Å². The predicted octanol–water partition coefficient (Wildman–Crippen LogP) is 1.10. The molecule has 2 aromatic rings. The first-order chi connectivity index (χ1) is 11.3. The van der Waals surface area contributed by atoms with Crippen molar-refractivity contribution >= 4 is 10.1 Å². The number of benzene rings is 2. The van der Waals surface area contributed by atoms with Gasteiger partial charge in [-0.1, -0.05) is 12.1 Å². The topological polar surface area (TPSA) is 57.2 Å². The van der Waals surface area contributed by atoms with E-state index >= 15 is 0 Å². The molecule has 3 nitrogen and oxygen atoms in total. The van der Waals surface area contributed by atoms with Crippen LogP contribution in [0.1, 0.15) is 22.3 Å². The van der Waals surface area contributed by atoms with Crippen LogP contribution in [0.15, 0.2) is 36.4 Å². The normalized spacial score (nSPS) is 11.7. The van der Waals surface area contributed by atoms with E-state index in [-0.39, 0.29) is 21.2 Å². The van der Waals surface area contributed by atoms with E-state index in [4.69, 9.17) is 13.0 Å². The summed E-state index contributed by atoms with van der Waals surface area (Å²) >= 11 is -0.0304. The fourth-order valence-corrected chi connectivity index (χ4v) is 4.34. The van der Waals surface area contributed by atoms with Crippen LogP contribution in [-0.4, -0.2) is 18.5 Å². The zero-order valence-electron chi connectivity index (χ0n) is 14.1. The van der Waals surface area contributed by atoms with Gasteiger partial charge in [0.2, 0.25) is 0 Å². The number of hydrogen-bond acceptors (Lipinski definition) is 3. The van der Waals surface area contributed by atoms with E-state index in [0.29, 0.717) is 0 Å². The van der Waals surface area contributed by atoms with Crippen molar-refractivity contribution in [1.82, 2.24) is 0 Å². The highest BCUT2D eigenvalue weighted by molar-refractivity contribution is 7.86. The molecule has 0 aliphatic carbocycles. The van der Waals surface area contributed by atoms with Crippen LogP contribution in [0.2, 0.25) is 0 Å². The minimum Gasteiger partial charge on any atom is -0.741 e. The molecule has 0 radical (unpaired) electrons. The van der Waals surface area contributed by atoms with Crippen molar-refractivity contribution in [2.75, 3.05) is 0 Å². The van der Waals surface area contributed by atoms with Crippen LogP contribution in [0.5, 0.6) is 0 Å². The number of alkyl halides is 3. The molecule has 0 heterocycles. The summed E-state index contributed by atoms with van der Waals surface area (Å²) in [4.78, 5) is 0. The smallest absolute Gasteiger partial charge is 0.485 e. The largest absolute Gasteiger partial charge is 0.741 e. The Morgan fingerprint density at radius 1 is 0.800 bits per heavy atom. The molecule has 0 fully saturated rings. The van der Waals surface area contributed by atoms with Gasteiger partial charge in [0.1, 0.15) is 0 Å². The third kappa shape index (κ3) is 6.95. The maximum absolute atomic E-state index is 10.7. The van der Waals surface area contributed by atoms with Crippen molar-refractivity contribution in [3.8, 4) is 0 Å². The Labute approximate surface area is 156 Å². The van der Waals surface area contributed by atoms with Crippen molar-refractivity contribution < 1.29 is 47.3 Å². The average molecular weight is 486 g/mol. The van der Waals surface area contributed by atoms with E-state index in [1.54, 1.807) is 0 Å². The monoisotopic (exact) mass is 486 g/mol. The standard InChI is InChI=1S/C16H18I.CHF3O3S/c1-11-5-7-15(9-13(11)3)17-16-8-6-12(2)14(4)10-16;2-1(3,4)8(5,6)7/h5-10H,1-4H3;(H,5,6,7)/q+1;/p-1. The van der Waals surface area contributed by atoms with E-state index < -0.39 is 15.6 Å². The summed E-state index contributed by atoms with van der Waals surface area (Å²) in [5.41, 5.74) is -0.0553. The second-order valence-corrected chi connectivity index (χ2v) is 9.85. The fraction of sp³-hybridized carbons (Fsp3) is 0.294. The number of rotatable bonds is 2. The van der Waals surface area contributed by atoms with Gasteiger partial charge in [-0.3, -0.25) is 0 Å². The van der Waals surface area contributed by atoms with E-state index in [1.807, 2.05) is 0 Å². The molecule has 2 rings (SSSR count). The Morgan fingerprint density at radius 2 is 1.12 bits per heavy atom. The molecule has 0 saturated carbocycles. The van der Waals surface area contributed by atoms with Gasteiger partial charge in [0.15, 0.2) is 17.3 Å². The second kappa shape index (κ2) is 8.50. The summed E-state index contributed by atoms with van der Waals surface area (Å²) < 4.78 is 61.9. The first-order valence-corrected chi connectivity index (χ1v) is 10.7. The van der Waals surface area contributed by atoms with Crippen molar-refractivity contribution in [2.24, 2.45) is 0 Å². The average Bonchev–Trinajstić information content (AvgIpc) is 2.45. The number of hydrogen-bond donors (Lipinski definition) is 0. The maximum atomic E-state index is 10.7. The predicted molar refractivity (Wildman–Crippen MR) is 85.0 cm³/mol. The molecule has 0 aliphatic rings. The molecule has 0 amide bonds. The highest BCUT2D eigenvalue weighted by Gasteiger charge is 2.36. The first-order valence-electron chi connectivity index (χ1n) is 7.13. The zero-order chi connectivity index (χ0) is 19.4. The van der Waals surface area contributed by atoms with Gasteiger partial charge in [0.05, 0.1) is 0 Å². The molecule has 0 atom stereocenters. The molecule has 0 aliphatic heterocycles. The van der Waals surface area contributed by atoms with Gasteiger partial charge in [0.25, 0.3) is 0 Å². The zero-order valence-corrected chi connectivity index (χ0v) is 17.1. The Balaban J connectivity index is 0.000000333. The van der Waals surface area contributed by atoms with E-state index in [0.717, 1.165) is 0 Å². The Kier molecular flexibility index (Phi) is 7.45. The molecular formula is C17H18F3IO3S. The molecule has 0 N–H and O–H groups in total. The number of halogens is 4. The minimum atomic E-state index is -6.09. The first kappa shape index (κ1) is 21.9. The lowest BCUT2D eigenvalue weighted by atomic mass is 10.1. The molecule has 0 saturated heterocycles. The van der Waals surface area contributed by atoms with Gasteiger partial charge in [-0.2, -0.15) is 13.2 Å². The van der Waals surface area contributed by atoms with Crippen LogP contribution in [0.3, 0.4) is 0 Å². The van der Waals surface area contributed by atoms with E-state index in [2.05, 4.69) is 64.1 Å². The molecule has 0 bridgehead atoms. The van der Waals surface area contributed by atoms with Crippen LogP contribution in [0.4, 0.5) is 13.2 Å². The molecule has 2 aromatic carbocycles. The quantitative estimate of drug-likeness (QED) is 0.363. The lowest BCUT2D eigenvalue weighted by Crippen LogP contribution is -3.61. The summed E-state index contributed by atoms with van der Waals surface area (Å²) in [5.74, 6) is 0. The van der Waals surface area contributed by atoms with Crippen LogP contribution in [0, 0.1) is 34.8 Å². The highest BCUT2D eigenvalue weighted by Crippen LogP contribution is 2.20. The highest BCUT2D eigenvalue weighted by atomic mass is 127. The van der Waals surface area contributed by atoms with Gasteiger partial charge < -0.3 is 4.55 Å². The summed E-state index contributed by atoms with van der Waals surface area (Å²) in [6, 6.07) is 13.7. The molecule has 138 valence electrons. The van der Waals surface area contributed by atoms with E-state index in [1.165, 1.54) is 29.4 Å². The van der Waals surface area contributed by atoms with Crippen molar-refractivity contribution in [3.63, 3.8) is 0 Å². The van der Waals surface area contributed by atoms with Crippen LogP contribution >= 0.6 is 0 Å². The fourth-order valence-electron chi connectivity index (χ4n) is 1.65. The summed E-state index contributed by atoms with van der Waals surface area (Å²) in [7, 11) is -6.09. The van der Waals surface area contributed by atoms with Crippen LogP contribution in [-0.2, 0) is 10.1 Å². The lowest BCUT2D eigenvalue weighted by Gasteiger charge is -2.08. The second-order valence-electron chi connectivity index (χ2n) is 5.45. The third-order valence-electron chi connectivity index (χ3n) is 3.44. The summed E-state index contributed by atoms with van der Waals surface area (Å²) in [5, 5.41) is 0. The molecular weight excluding hydrogens is 468 g/mol. The SMILES string of the molecule is Cc1ccc([I+]c2ccc(C)c(C)c2)cc1C.O=S(=O)([O-])C(F)(F)F.